The lowest BCUT2D eigenvalue weighted by Crippen LogP contribution is -2.40. The van der Waals surface area contributed by atoms with Crippen LogP contribution in [0.15, 0.2) is 0 Å². The maximum Gasteiger partial charge on any atom is 0.224 e. The Morgan fingerprint density at radius 3 is 2.86 bits per heavy atom. The van der Waals surface area contributed by atoms with Gasteiger partial charge in [0.2, 0.25) is 5.91 Å². The molecule has 7 nitrogen and oxygen atoms in total. The average Bonchev–Trinajstić information content (AvgIpc) is 2.85. The van der Waals surface area contributed by atoms with E-state index in [0.29, 0.717) is 13.0 Å². The van der Waals surface area contributed by atoms with Gasteiger partial charge in [-0.15, -0.1) is 10.2 Å². The second-order valence-electron chi connectivity index (χ2n) is 6.19. The van der Waals surface area contributed by atoms with E-state index in [4.69, 9.17) is 4.74 Å². The number of likely N-dealkylation sites (tertiary alicyclic amines) is 1. The molecule has 1 aliphatic rings. The van der Waals surface area contributed by atoms with Crippen LogP contribution >= 0.6 is 0 Å². The summed E-state index contributed by atoms with van der Waals surface area (Å²) in [7, 11) is 7.67. The topological polar surface area (TPSA) is 63.5 Å². The van der Waals surface area contributed by atoms with Crippen molar-refractivity contribution in [3.05, 3.63) is 11.6 Å². The predicted molar refractivity (Wildman–Crippen MR) is 83.4 cm³/mol. The molecule has 22 heavy (non-hydrogen) atoms. The maximum atomic E-state index is 12.2. The van der Waals surface area contributed by atoms with Gasteiger partial charge in [0.1, 0.15) is 11.6 Å². The van der Waals surface area contributed by atoms with Gasteiger partial charge in [-0.1, -0.05) is 0 Å². The molecule has 1 aromatic rings. The first-order valence-corrected chi connectivity index (χ1v) is 7.82. The molecule has 1 aromatic heterocycles. The molecule has 1 fully saturated rings. The van der Waals surface area contributed by atoms with Crippen LogP contribution in [0.4, 0.5) is 0 Å². The molecule has 0 bridgehead atoms. The van der Waals surface area contributed by atoms with Crippen LogP contribution in [0, 0.1) is 0 Å². The van der Waals surface area contributed by atoms with Gasteiger partial charge in [-0.05, 0) is 26.9 Å². The molecular weight excluding hydrogens is 282 g/mol. The van der Waals surface area contributed by atoms with Gasteiger partial charge >= 0.3 is 0 Å². The molecule has 2 rings (SSSR count). The Morgan fingerprint density at radius 2 is 2.18 bits per heavy atom. The Kier molecular flexibility index (Phi) is 5.90. The Morgan fingerprint density at radius 1 is 1.41 bits per heavy atom. The van der Waals surface area contributed by atoms with Crippen molar-refractivity contribution >= 4 is 5.91 Å². The van der Waals surface area contributed by atoms with E-state index in [1.807, 2.05) is 26.0 Å². The number of hydrogen-bond donors (Lipinski definition) is 0. The first kappa shape index (κ1) is 16.9. The van der Waals surface area contributed by atoms with Gasteiger partial charge in [-0.25, -0.2) is 0 Å². The summed E-state index contributed by atoms with van der Waals surface area (Å²) in [4.78, 5) is 16.2. The zero-order chi connectivity index (χ0) is 16.1. The maximum absolute atomic E-state index is 12.2. The number of ether oxygens (including phenoxy) is 1. The number of nitrogens with zero attached hydrogens (tertiary/aromatic N) is 5. The molecule has 0 aromatic carbocycles. The number of carbonyl (C=O) groups is 1. The van der Waals surface area contributed by atoms with Crippen LogP contribution in [-0.2, 0) is 23.1 Å². The highest BCUT2D eigenvalue weighted by molar-refractivity contribution is 5.76. The van der Waals surface area contributed by atoms with Crippen molar-refractivity contribution in [2.45, 2.75) is 31.7 Å². The van der Waals surface area contributed by atoms with E-state index < -0.39 is 0 Å². The van der Waals surface area contributed by atoms with Crippen molar-refractivity contribution in [1.82, 2.24) is 24.6 Å². The minimum atomic E-state index is 0.169. The Bertz CT molecular complexity index is 500. The minimum Gasteiger partial charge on any atom is -0.384 e. The summed E-state index contributed by atoms with van der Waals surface area (Å²) in [6.07, 6.45) is 2.52. The summed E-state index contributed by atoms with van der Waals surface area (Å²) in [5.41, 5.74) is 0. The summed E-state index contributed by atoms with van der Waals surface area (Å²) in [5.74, 6) is 2.39. The fraction of sp³-hybridized carbons (Fsp3) is 0.800. The molecule has 0 aliphatic carbocycles. The lowest BCUT2D eigenvalue weighted by Gasteiger charge is -2.32. The third-order valence-electron chi connectivity index (χ3n) is 4.12. The smallest absolute Gasteiger partial charge is 0.224 e. The van der Waals surface area contributed by atoms with Gasteiger partial charge in [0.25, 0.3) is 0 Å². The number of amides is 1. The fourth-order valence-electron chi connectivity index (χ4n) is 2.91. The number of piperidine rings is 1. The molecule has 0 unspecified atom stereocenters. The number of rotatable bonds is 6. The van der Waals surface area contributed by atoms with Crippen LogP contribution in [-0.4, -0.2) is 71.4 Å². The minimum absolute atomic E-state index is 0.169. The monoisotopic (exact) mass is 309 g/mol. The molecule has 0 radical (unpaired) electrons. The molecule has 1 atom stereocenters. The van der Waals surface area contributed by atoms with Crippen molar-refractivity contribution in [2.24, 2.45) is 7.05 Å². The first-order chi connectivity index (χ1) is 10.5. The number of carbonyl (C=O) groups excluding carboxylic acids is 1. The zero-order valence-electron chi connectivity index (χ0n) is 14.1. The van der Waals surface area contributed by atoms with E-state index >= 15 is 0 Å². The van der Waals surface area contributed by atoms with Gasteiger partial charge in [0.05, 0.1) is 19.6 Å². The second-order valence-corrected chi connectivity index (χ2v) is 6.19. The number of methoxy groups -OCH3 is 1. The van der Waals surface area contributed by atoms with Gasteiger partial charge in [0, 0.05) is 33.2 Å². The first-order valence-electron chi connectivity index (χ1n) is 7.82. The second kappa shape index (κ2) is 7.69. The van der Waals surface area contributed by atoms with Gasteiger partial charge in [-0.2, -0.15) is 0 Å². The molecule has 7 heteroatoms. The summed E-state index contributed by atoms with van der Waals surface area (Å²) < 4.78 is 7.07. The highest BCUT2D eigenvalue weighted by atomic mass is 16.5. The van der Waals surface area contributed by atoms with Crippen LogP contribution in [0.25, 0.3) is 0 Å². The molecule has 124 valence electrons. The number of aromatic nitrogens is 3. The lowest BCUT2D eigenvalue weighted by molar-refractivity contribution is -0.133. The molecule has 1 amide bonds. The third-order valence-corrected chi connectivity index (χ3v) is 4.12. The Labute approximate surface area is 132 Å². The standard InChI is InChI=1S/C15H27N5O2/c1-18(2)11-13-16-17-15(19(13)3)12-6-5-8-20(10-12)14(21)7-9-22-4/h12H,5-11H2,1-4H3/t12-/m1/s1. The van der Waals surface area contributed by atoms with Crippen molar-refractivity contribution in [1.29, 1.82) is 0 Å². The zero-order valence-corrected chi connectivity index (χ0v) is 14.1. The van der Waals surface area contributed by atoms with E-state index in [9.17, 15) is 4.79 Å². The van der Waals surface area contributed by atoms with Gasteiger partial charge in [-0.3, -0.25) is 4.79 Å². The highest BCUT2D eigenvalue weighted by Crippen LogP contribution is 2.26. The summed E-state index contributed by atoms with van der Waals surface area (Å²) in [6, 6.07) is 0. The fourth-order valence-corrected chi connectivity index (χ4v) is 2.91. The van der Waals surface area contributed by atoms with E-state index in [2.05, 4.69) is 19.7 Å². The summed E-state index contributed by atoms with van der Waals surface area (Å²) >= 11 is 0. The molecule has 0 spiro atoms. The van der Waals surface area contributed by atoms with E-state index in [-0.39, 0.29) is 11.8 Å². The van der Waals surface area contributed by atoms with Crippen molar-refractivity contribution in [2.75, 3.05) is 40.9 Å². The van der Waals surface area contributed by atoms with Crippen LogP contribution in [0.1, 0.15) is 36.8 Å². The Balaban J connectivity index is 2.03. The van der Waals surface area contributed by atoms with Gasteiger partial charge in [0.15, 0.2) is 0 Å². The molecule has 0 saturated carbocycles. The van der Waals surface area contributed by atoms with Crippen LogP contribution in [0.3, 0.4) is 0 Å². The quantitative estimate of drug-likeness (QED) is 0.771. The molecule has 1 aliphatic heterocycles. The summed E-state index contributed by atoms with van der Waals surface area (Å²) in [5, 5.41) is 8.67. The van der Waals surface area contributed by atoms with Crippen molar-refractivity contribution in [3.63, 3.8) is 0 Å². The third kappa shape index (κ3) is 4.04. The van der Waals surface area contributed by atoms with Crippen molar-refractivity contribution < 1.29 is 9.53 Å². The van der Waals surface area contributed by atoms with Gasteiger partial charge < -0.3 is 19.1 Å². The molecule has 1 saturated heterocycles. The van der Waals surface area contributed by atoms with Crippen LogP contribution in [0.2, 0.25) is 0 Å². The van der Waals surface area contributed by atoms with Crippen molar-refractivity contribution in [3.8, 4) is 0 Å². The highest BCUT2D eigenvalue weighted by Gasteiger charge is 2.28. The van der Waals surface area contributed by atoms with E-state index in [0.717, 1.165) is 44.1 Å². The predicted octanol–water partition coefficient (Wildman–Crippen LogP) is 0.619. The van der Waals surface area contributed by atoms with E-state index in [1.54, 1.807) is 7.11 Å². The summed E-state index contributed by atoms with van der Waals surface area (Å²) in [6.45, 7) is 2.82. The molecule has 2 heterocycles. The van der Waals surface area contributed by atoms with E-state index in [1.165, 1.54) is 0 Å². The van der Waals surface area contributed by atoms with Crippen LogP contribution in [0.5, 0.6) is 0 Å². The molecular formula is C15H27N5O2. The van der Waals surface area contributed by atoms with Crippen LogP contribution < -0.4 is 0 Å². The normalized spacial score (nSPS) is 19.0. The Hall–Kier alpha value is -1.47. The lowest BCUT2D eigenvalue weighted by atomic mass is 9.97. The average molecular weight is 309 g/mol. The number of hydrogen-bond acceptors (Lipinski definition) is 5. The SMILES string of the molecule is COCCC(=O)N1CCC[C@@H](c2nnc(CN(C)C)n2C)C1. The molecule has 0 N–H and O–H groups in total. The largest absolute Gasteiger partial charge is 0.384 e.